The molecule has 0 bridgehead atoms. The predicted molar refractivity (Wildman–Crippen MR) is 73.4 cm³/mol. The number of methoxy groups -OCH3 is 1. The van der Waals surface area contributed by atoms with Crippen molar-refractivity contribution in [3.8, 4) is 0 Å². The van der Waals surface area contributed by atoms with Crippen LogP contribution in [0.5, 0.6) is 0 Å². The summed E-state index contributed by atoms with van der Waals surface area (Å²) in [7, 11) is 1.55. The van der Waals surface area contributed by atoms with Crippen molar-refractivity contribution in [2.75, 3.05) is 19.4 Å². The zero-order chi connectivity index (χ0) is 15.6. The third kappa shape index (κ3) is 2.80. The Labute approximate surface area is 120 Å². The second-order valence-corrected chi connectivity index (χ2v) is 5.04. The lowest BCUT2D eigenvalue weighted by Gasteiger charge is -2.40. The van der Waals surface area contributed by atoms with E-state index in [9.17, 15) is 19.3 Å². The van der Waals surface area contributed by atoms with Gasteiger partial charge < -0.3 is 15.8 Å². The van der Waals surface area contributed by atoms with E-state index >= 15 is 0 Å². The maximum absolute atomic E-state index is 13.7. The highest BCUT2D eigenvalue weighted by atomic mass is 19.1. The molecule has 21 heavy (non-hydrogen) atoms. The average molecular weight is 297 g/mol. The fourth-order valence-electron chi connectivity index (χ4n) is 2.33. The van der Waals surface area contributed by atoms with Crippen LogP contribution in [-0.2, 0) is 4.74 Å². The molecule has 1 aromatic rings. The van der Waals surface area contributed by atoms with E-state index in [1.807, 2.05) is 0 Å². The Morgan fingerprint density at radius 1 is 1.57 bits per heavy atom. The van der Waals surface area contributed by atoms with Crippen molar-refractivity contribution in [1.82, 2.24) is 5.32 Å². The molecule has 1 fully saturated rings. The monoisotopic (exact) mass is 297 g/mol. The quantitative estimate of drug-likeness (QED) is 0.488. The summed E-state index contributed by atoms with van der Waals surface area (Å²) in [5.74, 6) is -1.67. The number of amides is 1. The number of benzene rings is 1. The number of nitro groups is 1. The van der Waals surface area contributed by atoms with E-state index in [0.29, 0.717) is 0 Å². The molecule has 7 nitrogen and oxygen atoms in total. The molecular formula is C13H16FN3O4. The molecule has 8 heteroatoms. The number of nitro benzene ring substituents is 1. The zero-order valence-electron chi connectivity index (χ0n) is 11.5. The number of hydrogen-bond acceptors (Lipinski definition) is 5. The van der Waals surface area contributed by atoms with Gasteiger partial charge in [0, 0.05) is 19.7 Å². The minimum atomic E-state index is -0.893. The minimum absolute atomic E-state index is 0.212. The Kier molecular flexibility index (Phi) is 4.08. The van der Waals surface area contributed by atoms with Crippen LogP contribution in [0.3, 0.4) is 0 Å². The van der Waals surface area contributed by atoms with Crippen molar-refractivity contribution in [3.63, 3.8) is 0 Å². The van der Waals surface area contributed by atoms with E-state index in [1.165, 1.54) is 0 Å². The maximum atomic E-state index is 13.7. The van der Waals surface area contributed by atoms with Gasteiger partial charge in [-0.15, -0.1) is 0 Å². The van der Waals surface area contributed by atoms with Gasteiger partial charge in [-0.25, -0.2) is 4.39 Å². The number of nitrogens with zero attached hydrogens (tertiary/aromatic N) is 1. The first-order chi connectivity index (χ1) is 9.90. The molecule has 1 saturated carbocycles. The Balaban J connectivity index is 2.19. The number of anilines is 1. The van der Waals surface area contributed by atoms with Crippen LogP contribution in [-0.4, -0.2) is 30.1 Å². The molecule has 0 spiro atoms. The van der Waals surface area contributed by atoms with Crippen molar-refractivity contribution in [2.24, 2.45) is 0 Å². The molecule has 2 rings (SSSR count). The first-order valence-electron chi connectivity index (χ1n) is 6.46. The van der Waals surface area contributed by atoms with Crippen LogP contribution >= 0.6 is 0 Å². The molecule has 3 N–H and O–H groups in total. The minimum Gasteiger partial charge on any atom is -0.392 e. The second-order valence-electron chi connectivity index (χ2n) is 5.04. The van der Waals surface area contributed by atoms with Gasteiger partial charge in [-0.2, -0.15) is 0 Å². The standard InChI is InChI=1S/C13H16FN3O4/c1-21-13(5-2-6-13)7-16-12(18)10-8(14)3-4-9(11(10)15)17(19)20/h3-4H,2,5-7,15H2,1H3,(H,16,18). The molecule has 0 aromatic heterocycles. The summed E-state index contributed by atoms with van der Waals surface area (Å²) in [5.41, 5.74) is 3.63. The Bertz CT molecular complexity index is 582. The summed E-state index contributed by atoms with van der Waals surface area (Å²) >= 11 is 0. The lowest BCUT2D eigenvalue weighted by atomic mass is 9.80. The Hall–Kier alpha value is -2.22. The number of nitrogens with one attached hydrogen (secondary N) is 1. The van der Waals surface area contributed by atoms with Crippen molar-refractivity contribution in [1.29, 1.82) is 0 Å². The Morgan fingerprint density at radius 2 is 2.24 bits per heavy atom. The van der Waals surface area contributed by atoms with Gasteiger partial charge in [0.25, 0.3) is 11.6 Å². The number of nitrogens with two attached hydrogens (primary N) is 1. The summed E-state index contributed by atoms with van der Waals surface area (Å²) in [4.78, 5) is 22.1. The van der Waals surface area contributed by atoms with Crippen LogP contribution in [0.15, 0.2) is 12.1 Å². The van der Waals surface area contributed by atoms with Crippen LogP contribution in [0.2, 0.25) is 0 Å². The van der Waals surface area contributed by atoms with E-state index in [4.69, 9.17) is 10.5 Å². The number of carbonyl (C=O) groups is 1. The fraction of sp³-hybridized carbons (Fsp3) is 0.462. The van der Waals surface area contributed by atoms with Crippen molar-refractivity contribution in [2.45, 2.75) is 24.9 Å². The van der Waals surface area contributed by atoms with Crippen molar-refractivity contribution >= 4 is 17.3 Å². The van der Waals surface area contributed by atoms with Crippen LogP contribution in [0.4, 0.5) is 15.8 Å². The lowest BCUT2D eigenvalue weighted by molar-refractivity contribution is -0.384. The average Bonchev–Trinajstić information content (AvgIpc) is 2.37. The Morgan fingerprint density at radius 3 is 2.71 bits per heavy atom. The highest BCUT2D eigenvalue weighted by Crippen LogP contribution is 2.34. The fourth-order valence-corrected chi connectivity index (χ4v) is 2.33. The van der Waals surface area contributed by atoms with Crippen LogP contribution < -0.4 is 11.1 Å². The van der Waals surface area contributed by atoms with Gasteiger partial charge in [0.2, 0.25) is 0 Å². The number of nitrogen functional groups attached to an aromatic ring is 1. The highest BCUT2D eigenvalue weighted by molar-refractivity contribution is 6.01. The first kappa shape index (κ1) is 15.2. The van der Waals surface area contributed by atoms with Crippen LogP contribution in [0, 0.1) is 15.9 Å². The summed E-state index contributed by atoms with van der Waals surface area (Å²) in [6, 6.07) is 1.79. The molecule has 114 valence electrons. The SMILES string of the molecule is COC1(CNC(=O)c2c(F)ccc([N+](=O)[O-])c2N)CCC1. The van der Waals surface area contributed by atoms with Gasteiger partial charge in [0.15, 0.2) is 0 Å². The highest BCUT2D eigenvalue weighted by Gasteiger charge is 2.37. The molecule has 0 atom stereocenters. The van der Waals surface area contributed by atoms with E-state index in [2.05, 4.69) is 5.32 Å². The molecule has 1 aliphatic rings. The van der Waals surface area contributed by atoms with Gasteiger partial charge in [0.05, 0.1) is 10.5 Å². The van der Waals surface area contributed by atoms with E-state index in [1.54, 1.807) is 7.11 Å². The smallest absolute Gasteiger partial charge is 0.293 e. The molecule has 0 unspecified atom stereocenters. The largest absolute Gasteiger partial charge is 0.392 e. The van der Waals surface area contributed by atoms with Crippen LogP contribution in [0.25, 0.3) is 0 Å². The van der Waals surface area contributed by atoms with Gasteiger partial charge in [0.1, 0.15) is 17.1 Å². The molecule has 0 radical (unpaired) electrons. The maximum Gasteiger partial charge on any atom is 0.293 e. The second kappa shape index (κ2) is 5.65. The molecule has 0 saturated heterocycles. The van der Waals surface area contributed by atoms with E-state index in [0.717, 1.165) is 31.4 Å². The molecule has 1 amide bonds. The topological polar surface area (TPSA) is 107 Å². The van der Waals surface area contributed by atoms with Gasteiger partial charge in [-0.3, -0.25) is 14.9 Å². The third-order valence-electron chi connectivity index (χ3n) is 3.86. The summed E-state index contributed by atoms with van der Waals surface area (Å²) in [6.45, 7) is 0.212. The molecular weight excluding hydrogens is 281 g/mol. The lowest BCUT2D eigenvalue weighted by Crippen LogP contribution is -2.49. The van der Waals surface area contributed by atoms with Gasteiger partial charge >= 0.3 is 0 Å². The van der Waals surface area contributed by atoms with Gasteiger partial charge in [-0.05, 0) is 25.3 Å². The number of carbonyl (C=O) groups excluding carboxylic acids is 1. The molecule has 1 aromatic carbocycles. The number of rotatable bonds is 5. The summed E-state index contributed by atoms with van der Waals surface area (Å²) in [6.07, 6.45) is 2.60. The van der Waals surface area contributed by atoms with Crippen molar-refractivity contribution in [3.05, 3.63) is 33.6 Å². The van der Waals surface area contributed by atoms with E-state index < -0.39 is 39.2 Å². The number of hydrogen-bond donors (Lipinski definition) is 2. The summed E-state index contributed by atoms with van der Waals surface area (Å²) in [5, 5.41) is 13.3. The van der Waals surface area contributed by atoms with Gasteiger partial charge in [-0.1, -0.05) is 0 Å². The normalized spacial score (nSPS) is 16.1. The number of ether oxygens (including phenoxy) is 1. The predicted octanol–water partition coefficient (Wildman–Crippen LogP) is 1.62. The van der Waals surface area contributed by atoms with E-state index in [-0.39, 0.29) is 6.54 Å². The molecule has 0 aliphatic heterocycles. The third-order valence-corrected chi connectivity index (χ3v) is 3.86. The van der Waals surface area contributed by atoms with Crippen molar-refractivity contribution < 1.29 is 18.8 Å². The first-order valence-corrected chi connectivity index (χ1v) is 6.46. The molecule has 1 aliphatic carbocycles. The number of halogens is 1. The molecule has 0 heterocycles. The zero-order valence-corrected chi connectivity index (χ0v) is 11.5. The summed E-state index contributed by atoms with van der Waals surface area (Å²) < 4.78 is 19.1. The van der Waals surface area contributed by atoms with Crippen LogP contribution in [0.1, 0.15) is 29.6 Å².